The van der Waals surface area contributed by atoms with E-state index in [9.17, 15) is 14.4 Å². The number of aliphatic imine (C=N–C) groups is 1. The van der Waals surface area contributed by atoms with Crippen molar-refractivity contribution in [2.45, 2.75) is 65.1 Å². The molecule has 0 bridgehead atoms. The Hall–Kier alpha value is -2.26. The molecule has 0 N–H and O–H groups in total. The normalized spacial score (nSPS) is 15.8. The smallest absolute Gasteiger partial charge is 0.332 e. The van der Waals surface area contributed by atoms with E-state index in [0.717, 1.165) is 23.3 Å². The fourth-order valence-corrected chi connectivity index (χ4v) is 4.54. The van der Waals surface area contributed by atoms with E-state index in [2.05, 4.69) is 4.99 Å². The number of nitrogens with zero attached hydrogens (tertiary/aromatic N) is 3. The van der Waals surface area contributed by atoms with Crippen molar-refractivity contribution in [3.63, 3.8) is 0 Å². The quantitative estimate of drug-likeness (QED) is 0.492. The third-order valence-corrected chi connectivity index (χ3v) is 6.38. The predicted molar refractivity (Wildman–Crippen MR) is 118 cm³/mol. The lowest BCUT2D eigenvalue weighted by atomic mass is 10.2. The first-order chi connectivity index (χ1) is 14.0. The summed E-state index contributed by atoms with van der Waals surface area (Å²) in [5.74, 6) is -0.418. The number of hydrogen-bond acceptors (Lipinski definition) is 7. The van der Waals surface area contributed by atoms with E-state index in [-0.39, 0.29) is 17.8 Å². The molecule has 1 fully saturated rings. The summed E-state index contributed by atoms with van der Waals surface area (Å²) in [5, 5.41) is 0.530. The number of esters is 1. The monoisotopic (exact) mass is 435 g/mol. The Morgan fingerprint density at radius 1 is 1.30 bits per heavy atom. The van der Waals surface area contributed by atoms with Crippen LogP contribution in [0, 0.1) is 6.92 Å². The molecule has 164 valence electrons. The zero-order chi connectivity index (χ0) is 22.3. The first-order valence-electron chi connectivity index (χ1n) is 9.98. The van der Waals surface area contributed by atoms with Gasteiger partial charge in [0.15, 0.2) is 0 Å². The molecule has 1 aliphatic rings. The Balaban J connectivity index is 2.05. The van der Waals surface area contributed by atoms with Gasteiger partial charge >= 0.3 is 11.7 Å². The van der Waals surface area contributed by atoms with Crippen LogP contribution in [0.1, 0.15) is 51.0 Å². The van der Waals surface area contributed by atoms with Gasteiger partial charge in [0.2, 0.25) is 0 Å². The van der Waals surface area contributed by atoms with Crippen molar-refractivity contribution in [3.05, 3.63) is 31.3 Å². The van der Waals surface area contributed by atoms with E-state index in [1.165, 1.54) is 15.9 Å². The summed E-state index contributed by atoms with van der Waals surface area (Å²) in [6.45, 7) is 9.80. The van der Waals surface area contributed by atoms with E-state index in [0.29, 0.717) is 23.4 Å². The van der Waals surface area contributed by atoms with Crippen LogP contribution in [-0.2, 0) is 26.4 Å². The summed E-state index contributed by atoms with van der Waals surface area (Å²) in [7, 11) is 1.58. The largest absolute Gasteiger partial charge is 0.459 e. The number of aryl methyl sites for hydroxylation is 1. The van der Waals surface area contributed by atoms with Crippen LogP contribution in [0.2, 0.25) is 0 Å². The molecule has 0 saturated heterocycles. The van der Waals surface area contributed by atoms with Gasteiger partial charge in [0.25, 0.3) is 5.56 Å². The van der Waals surface area contributed by atoms with Gasteiger partial charge in [-0.05, 0) is 53.0 Å². The SMILES string of the molecule is COCCn1c(=O)n(C2(C)CC2)c(=O)c2c(C)c(C=NCC(=O)OC(C)(C)C)sc21. The molecule has 0 aliphatic heterocycles. The molecular formula is C21H29N3O5S. The Bertz CT molecular complexity index is 1110. The number of aromatic nitrogens is 2. The topological polar surface area (TPSA) is 91.9 Å². The van der Waals surface area contributed by atoms with Gasteiger partial charge in [-0.15, -0.1) is 11.3 Å². The van der Waals surface area contributed by atoms with E-state index < -0.39 is 17.1 Å². The van der Waals surface area contributed by atoms with Gasteiger partial charge in [-0.2, -0.15) is 0 Å². The molecule has 2 aromatic heterocycles. The first-order valence-corrected chi connectivity index (χ1v) is 10.8. The predicted octanol–water partition coefficient (Wildman–Crippen LogP) is 2.45. The molecule has 0 spiro atoms. The molecule has 2 aromatic rings. The minimum Gasteiger partial charge on any atom is -0.459 e. The lowest BCUT2D eigenvalue weighted by Crippen LogP contribution is -2.45. The molecule has 8 nitrogen and oxygen atoms in total. The van der Waals surface area contributed by atoms with Gasteiger partial charge in [0, 0.05) is 13.3 Å². The van der Waals surface area contributed by atoms with Gasteiger partial charge in [-0.25, -0.2) is 4.79 Å². The second kappa shape index (κ2) is 8.11. The number of ether oxygens (including phenoxy) is 2. The van der Waals surface area contributed by atoms with Gasteiger partial charge in [0.05, 0.1) is 29.0 Å². The summed E-state index contributed by atoms with van der Waals surface area (Å²) in [6.07, 6.45) is 3.20. The standard InChI is InChI=1S/C21H29N3O5S/c1-13-14(11-22-12-15(25)29-20(2,3)4)30-18-16(13)17(26)24(21(5)7-8-21)19(27)23(18)9-10-28-6/h11H,7-10,12H2,1-6H3. The van der Waals surface area contributed by atoms with Crippen molar-refractivity contribution in [1.29, 1.82) is 0 Å². The molecule has 30 heavy (non-hydrogen) atoms. The molecular weight excluding hydrogens is 406 g/mol. The summed E-state index contributed by atoms with van der Waals surface area (Å²) in [5.41, 5.74) is -0.790. The fourth-order valence-electron chi connectivity index (χ4n) is 3.32. The Morgan fingerprint density at radius 2 is 1.97 bits per heavy atom. The van der Waals surface area contributed by atoms with E-state index in [4.69, 9.17) is 9.47 Å². The number of hydrogen-bond donors (Lipinski definition) is 0. The van der Waals surface area contributed by atoms with Gasteiger partial charge in [0.1, 0.15) is 17.0 Å². The second-order valence-electron chi connectivity index (χ2n) is 8.89. The van der Waals surface area contributed by atoms with Crippen molar-refractivity contribution in [1.82, 2.24) is 9.13 Å². The number of carbonyl (C=O) groups excluding carboxylic acids is 1. The lowest BCUT2D eigenvalue weighted by Gasteiger charge is -2.18. The molecule has 0 unspecified atom stereocenters. The third kappa shape index (κ3) is 4.41. The summed E-state index contributed by atoms with van der Waals surface area (Å²) < 4.78 is 13.4. The maximum Gasteiger partial charge on any atom is 0.332 e. The average Bonchev–Trinajstić information content (AvgIpc) is 3.27. The summed E-state index contributed by atoms with van der Waals surface area (Å²) in [4.78, 5) is 43.8. The van der Waals surface area contributed by atoms with Crippen LogP contribution in [-0.4, -0.2) is 47.2 Å². The highest BCUT2D eigenvalue weighted by molar-refractivity contribution is 7.20. The fraction of sp³-hybridized carbons (Fsp3) is 0.619. The molecule has 1 aliphatic carbocycles. The molecule has 3 rings (SSSR count). The highest BCUT2D eigenvalue weighted by atomic mass is 32.1. The average molecular weight is 436 g/mol. The summed E-state index contributed by atoms with van der Waals surface area (Å²) in [6, 6.07) is 0. The highest BCUT2D eigenvalue weighted by Gasteiger charge is 2.43. The zero-order valence-corrected chi connectivity index (χ0v) is 19.2. The molecule has 0 amide bonds. The minimum atomic E-state index is -0.568. The number of methoxy groups -OCH3 is 1. The lowest BCUT2D eigenvalue weighted by molar-refractivity contribution is -0.152. The Kier molecular flexibility index (Phi) is 6.06. The molecule has 0 radical (unpaired) electrons. The highest BCUT2D eigenvalue weighted by Crippen LogP contribution is 2.41. The number of rotatable bonds is 7. The van der Waals surface area contributed by atoms with E-state index >= 15 is 0 Å². The Labute approximate surface area is 179 Å². The van der Waals surface area contributed by atoms with Crippen LogP contribution in [0.3, 0.4) is 0 Å². The minimum absolute atomic E-state index is 0.107. The van der Waals surface area contributed by atoms with Gasteiger partial charge in [-0.3, -0.25) is 23.7 Å². The number of carbonyl (C=O) groups is 1. The van der Waals surface area contributed by atoms with Crippen molar-refractivity contribution >= 4 is 33.7 Å². The second-order valence-corrected chi connectivity index (χ2v) is 9.92. The van der Waals surface area contributed by atoms with Crippen LogP contribution >= 0.6 is 11.3 Å². The van der Waals surface area contributed by atoms with Crippen LogP contribution in [0.25, 0.3) is 10.2 Å². The molecule has 0 aromatic carbocycles. The molecule has 2 heterocycles. The van der Waals surface area contributed by atoms with E-state index in [1.54, 1.807) is 38.7 Å². The first kappa shape index (κ1) is 22.4. The van der Waals surface area contributed by atoms with E-state index in [1.807, 2.05) is 13.8 Å². The molecule has 0 atom stereocenters. The van der Waals surface area contributed by atoms with Crippen LogP contribution < -0.4 is 11.2 Å². The van der Waals surface area contributed by atoms with Crippen molar-refractivity contribution < 1.29 is 14.3 Å². The van der Waals surface area contributed by atoms with Crippen LogP contribution in [0.15, 0.2) is 14.6 Å². The Morgan fingerprint density at radius 3 is 2.53 bits per heavy atom. The maximum absolute atomic E-state index is 13.2. The van der Waals surface area contributed by atoms with Crippen molar-refractivity contribution in [3.8, 4) is 0 Å². The van der Waals surface area contributed by atoms with Crippen LogP contribution in [0.5, 0.6) is 0 Å². The molecule has 1 saturated carbocycles. The number of thiophene rings is 1. The van der Waals surface area contributed by atoms with Gasteiger partial charge < -0.3 is 9.47 Å². The van der Waals surface area contributed by atoms with Crippen molar-refractivity contribution in [2.75, 3.05) is 20.3 Å². The maximum atomic E-state index is 13.2. The van der Waals surface area contributed by atoms with Gasteiger partial charge in [-0.1, -0.05) is 0 Å². The third-order valence-electron chi connectivity index (χ3n) is 5.13. The zero-order valence-electron chi connectivity index (χ0n) is 18.4. The molecule has 9 heteroatoms. The number of fused-ring (bicyclic) bond motifs is 1. The van der Waals surface area contributed by atoms with Crippen molar-refractivity contribution in [2.24, 2.45) is 4.99 Å². The summed E-state index contributed by atoms with van der Waals surface area (Å²) >= 11 is 1.33. The van der Waals surface area contributed by atoms with Crippen LogP contribution in [0.4, 0.5) is 0 Å².